The SMILES string of the molecule is C.CC(C)(C)OC(=O)NCC1CCN(c2ccc(-c3cnn(COCC[Si](C)(C)C)c3)cc2N)CC1.CC(C)(C)OC(=O)NCC1CCN(c2ccc(-c3cnn(COCC[Si](C)(C)C)c3)cc2NC(=O)c2nc(Br)cn2COCC[Si](C)(C)C)CC1.C[Si](C)(C)CCOCn1cc(Br)nc1C(=O)[O-].[Li+]. The van der Waals surface area contributed by atoms with Gasteiger partial charge in [-0.05, 0) is 170 Å². The molecule has 0 spiro atoms. The second kappa shape index (κ2) is 41.8. The number of nitrogens with one attached hydrogen (secondary N) is 3. The predicted octanol–water partition coefficient (Wildman–Crippen LogP) is 12.3. The molecule has 2 aliphatic heterocycles. The van der Waals surface area contributed by atoms with E-state index in [2.05, 4.69) is 181 Å². The molecule has 3 amide bonds. The van der Waals surface area contributed by atoms with E-state index in [1.807, 2.05) is 83.1 Å². The summed E-state index contributed by atoms with van der Waals surface area (Å²) in [6.07, 6.45) is 14.1. The minimum absolute atomic E-state index is 0. The van der Waals surface area contributed by atoms with Gasteiger partial charge in [-0.3, -0.25) is 4.79 Å². The van der Waals surface area contributed by atoms with E-state index in [0.29, 0.717) is 66.5 Å². The summed E-state index contributed by atoms with van der Waals surface area (Å²) in [4.78, 5) is 61.7. The number of nitrogens with two attached hydrogens (primary N) is 1. The largest absolute Gasteiger partial charge is 1.00 e. The van der Waals surface area contributed by atoms with Crippen LogP contribution in [0, 0.1) is 11.8 Å². The minimum atomic E-state index is -1.30. The van der Waals surface area contributed by atoms with Crippen molar-refractivity contribution < 1.29 is 71.6 Å². The van der Waals surface area contributed by atoms with Gasteiger partial charge in [0.2, 0.25) is 5.82 Å². The van der Waals surface area contributed by atoms with Gasteiger partial charge < -0.3 is 78.9 Å². The molecule has 0 unspecified atom stereocenters. The number of hydrogen-bond donors (Lipinski definition) is 4. The van der Waals surface area contributed by atoms with Gasteiger partial charge in [0.05, 0.1) is 35.1 Å². The molecule has 0 atom stereocenters. The Bertz CT molecular complexity index is 3670. The van der Waals surface area contributed by atoms with E-state index in [1.54, 1.807) is 21.6 Å². The number of ether oxygens (including phenoxy) is 6. The van der Waals surface area contributed by atoms with E-state index in [4.69, 9.17) is 34.2 Å². The number of carboxylic acid groups (broad SMARTS) is 1. The van der Waals surface area contributed by atoms with E-state index in [-0.39, 0.29) is 63.4 Å². The second-order valence-electron chi connectivity index (χ2n) is 33.5. The number of nitrogen functional groups attached to an aromatic ring is 1. The van der Waals surface area contributed by atoms with Gasteiger partial charge in [-0.2, -0.15) is 10.2 Å². The maximum absolute atomic E-state index is 13.9. The summed E-state index contributed by atoms with van der Waals surface area (Å²) in [5.41, 5.74) is 12.8. The Morgan fingerprint density at radius 3 is 1.28 bits per heavy atom. The number of benzene rings is 2. The van der Waals surface area contributed by atoms with Crippen molar-refractivity contribution >= 4 is 111 Å². The zero-order valence-corrected chi connectivity index (χ0v) is 72.6. The van der Waals surface area contributed by atoms with Crippen molar-refractivity contribution in [2.45, 2.75) is 216 Å². The van der Waals surface area contributed by atoms with Gasteiger partial charge in [-0.15, -0.1) is 0 Å². The number of nitrogens with zero attached hydrogens (tertiary/aromatic N) is 10. The van der Waals surface area contributed by atoms with Crippen molar-refractivity contribution in [3.63, 3.8) is 0 Å². The van der Waals surface area contributed by atoms with Crippen molar-refractivity contribution in [1.29, 1.82) is 0 Å². The number of piperidine rings is 2. The molecule has 4 aromatic heterocycles. The van der Waals surface area contributed by atoms with E-state index in [0.717, 1.165) is 129 Å². The third kappa shape index (κ3) is 34.7. The summed E-state index contributed by atoms with van der Waals surface area (Å²) in [6.45, 7) is 47.6. The molecule has 0 bridgehead atoms. The van der Waals surface area contributed by atoms with Gasteiger partial charge in [-0.1, -0.05) is 98.1 Å². The first kappa shape index (κ1) is 91.8. The van der Waals surface area contributed by atoms with Crippen LogP contribution in [0.25, 0.3) is 22.3 Å². The average Bonchev–Trinajstić information content (AvgIpc) is 1.79. The number of alkyl carbamates (subject to hydrolysis) is 2. The molecule has 6 aromatic rings. The molecule has 105 heavy (non-hydrogen) atoms. The Kier molecular flexibility index (Phi) is 36.6. The van der Waals surface area contributed by atoms with E-state index < -0.39 is 55.6 Å². The fourth-order valence-electron chi connectivity index (χ4n) is 10.8. The fraction of sp³-hybridized carbons (Fsp3) is 0.616. The van der Waals surface area contributed by atoms with Crippen LogP contribution in [-0.4, -0.2) is 172 Å². The van der Waals surface area contributed by atoms with Crippen LogP contribution in [0.1, 0.15) is 95.9 Å². The van der Waals surface area contributed by atoms with Crippen LogP contribution < -0.4 is 55.5 Å². The molecule has 2 aliphatic rings. The van der Waals surface area contributed by atoms with Gasteiger partial charge in [0.25, 0.3) is 5.91 Å². The van der Waals surface area contributed by atoms with Crippen LogP contribution in [0.5, 0.6) is 0 Å². The van der Waals surface area contributed by atoms with Crippen LogP contribution in [0.2, 0.25) is 103 Å². The number of imidazole rings is 2. The van der Waals surface area contributed by atoms with Crippen molar-refractivity contribution in [2.75, 3.05) is 86.5 Å². The Morgan fingerprint density at radius 2 is 0.895 bits per heavy atom. The normalized spacial score (nSPS) is 14.1. The first-order valence-electron chi connectivity index (χ1n) is 35.9. The molecule has 0 saturated carbocycles. The van der Waals surface area contributed by atoms with Gasteiger partial charge in [0.15, 0.2) is 5.82 Å². The Morgan fingerprint density at radius 1 is 0.533 bits per heavy atom. The fourth-order valence-corrected chi connectivity index (χ4v) is 14.6. The summed E-state index contributed by atoms with van der Waals surface area (Å²) in [6, 6.07) is 16.7. The Labute approximate surface area is 657 Å². The van der Waals surface area contributed by atoms with E-state index in [1.165, 1.54) is 4.57 Å². The van der Waals surface area contributed by atoms with Gasteiger partial charge in [0, 0.05) is 134 Å². The maximum atomic E-state index is 13.9. The number of rotatable bonds is 31. The topological polar surface area (TPSA) is 287 Å². The molecule has 2 fully saturated rings. The van der Waals surface area contributed by atoms with Gasteiger partial charge >= 0.3 is 31.0 Å². The molecule has 580 valence electrons. The smallest absolute Gasteiger partial charge is 0.542 e. The molecule has 32 heteroatoms. The molecule has 2 saturated heterocycles. The molecule has 8 rings (SSSR count). The Hall–Kier alpha value is -5.58. The minimum Gasteiger partial charge on any atom is -0.542 e. The number of hydrogen-bond acceptors (Lipinski definition) is 18. The van der Waals surface area contributed by atoms with E-state index >= 15 is 0 Å². The number of aromatic carboxylic acids is 1. The quantitative estimate of drug-likeness (QED) is 0.0179. The number of aromatic nitrogens is 8. The van der Waals surface area contributed by atoms with Crippen molar-refractivity contribution in [1.82, 2.24) is 49.3 Å². The van der Waals surface area contributed by atoms with Crippen molar-refractivity contribution in [3.05, 3.63) is 94.4 Å². The third-order valence-corrected chi connectivity index (χ3v) is 24.3. The number of amides is 3. The van der Waals surface area contributed by atoms with Crippen molar-refractivity contribution in [3.8, 4) is 22.3 Å². The van der Waals surface area contributed by atoms with E-state index in [9.17, 15) is 24.3 Å². The molecule has 2 aromatic carbocycles. The number of carbonyl (C=O) groups excluding carboxylic acids is 4. The van der Waals surface area contributed by atoms with Crippen LogP contribution in [-0.2, 0) is 55.3 Å². The van der Waals surface area contributed by atoms with Crippen LogP contribution in [0.15, 0.2) is 82.8 Å². The van der Waals surface area contributed by atoms with Gasteiger partial charge in [0.1, 0.15) is 53.3 Å². The van der Waals surface area contributed by atoms with Crippen LogP contribution in [0.3, 0.4) is 0 Å². The first-order valence-corrected chi connectivity index (χ1v) is 52.3. The predicted molar refractivity (Wildman–Crippen MR) is 433 cm³/mol. The van der Waals surface area contributed by atoms with Crippen LogP contribution in [0.4, 0.5) is 32.3 Å². The van der Waals surface area contributed by atoms with Gasteiger partial charge in [-0.25, -0.2) is 28.9 Å². The molecule has 5 N–H and O–H groups in total. The molecule has 0 aliphatic carbocycles. The summed E-state index contributed by atoms with van der Waals surface area (Å²) in [5.74, 6) is -0.708. The molecule has 6 heterocycles. The summed E-state index contributed by atoms with van der Waals surface area (Å²) < 4.78 is 41.7. The monoisotopic (exact) mass is 1650 g/mol. The molecular weight excluding hydrogens is 1530 g/mol. The first-order chi connectivity index (χ1) is 48.0. The number of carbonyl (C=O) groups is 4. The van der Waals surface area contributed by atoms with Crippen LogP contribution >= 0.6 is 31.9 Å². The Balaban J connectivity index is 0.000000372. The van der Waals surface area contributed by atoms with Crippen molar-refractivity contribution in [2.24, 2.45) is 11.8 Å². The number of halogens is 2. The summed E-state index contributed by atoms with van der Waals surface area (Å²) >= 11 is 6.57. The summed E-state index contributed by atoms with van der Waals surface area (Å²) in [7, 11) is -4.62. The zero-order valence-electron chi connectivity index (χ0n) is 65.4. The number of carboxylic acids is 1. The zero-order chi connectivity index (χ0) is 76.1. The molecule has 0 radical (unpaired) electrons. The molecular formula is C73H121Br2LiN14O11Si4. The third-order valence-electron chi connectivity index (χ3n) is 16.8. The second-order valence-corrected chi connectivity index (χ2v) is 57.6. The molecule has 25 nitrogen and oxygen atoms in total. The summed E-state index contributed by atoms with van der Waals surface area (Å²) in [5, 5.41) is 28.8. The maximum Gasteiger partial charge on any atom is 1.00 e. The number of anilines is 4. The standard InChI is InChI=1S/C36H58BrN7O5Si2.C26H43N5O3Si.C10H17BrN2O3Si.CH4.Li/c1-36(2,3)49-35(46)38-21-27-12-14-42(15-13-27)31-11-10-28(29-22-39-44(23-29)26-48-17-19-51(7,8)9)20-30(31)40-34(45)33-41-32(37)24-43(33)25-47-16-18-50(4,5)6;1-26(2,3)34-25(32)28-16-20-9-11-30(12-10-20)24-8-7-21(15-23(24)27)22-17-29-31(18-22)19-33-13-14-35(4,5)6;1-17(2,3)5-4-16-7-13-6-8(11)12-9(13)10(14)15;;/h10-11,20,22-24,27H,12-19,21,25-26H2,1-9H3,(H,38,46)(H,40,45);7-8,15,17-18,20H,9-14,16,19,27H2,1-6H3,(H,28,32);6H,4-5,7H2,1-3H3,(H,14,15);1H4;/q;;;;+1/p-1. The average molecular weight is 1650 g/mol.